The van der Waals surface area contributed by atoms with Crippen LogP contribution in [0.5, 0.6) is 0 Å². The number of amides is 4. The van der Waals surface area contributed by atoms with Gasteiger partial charge in [0.05, 0.1) is 0 Å². The van der Waals surface area contributed by atoms with E-state index in [2.05, 4.69) is 25.8 Å². The van der Waals surface area contributed by atoms with E-state index in [-0.39, 0.29) is 18.4 Å². The van der Waals surface area contributed by atoms with Gasteiger partial charge >= 0.3 is 6.03 Å². The number of aromatic nitrogens is 1. The van der Waals surface area contributed by atoms with E-state index in [0.717, 1.165) is 44.6 Å². The molecule has 5 rings (SSSR count). The van der Waals surface area contributed by atoms with Crippen LogP contribution >= 0.6 is 0 Å². The van der Waals surface area contributed by atoms with Gasteiger partial charge in [0, 0.05) is 62.0 Å². The number of fused-ring (bicyclic) bond motifs is 1. The first kappa shape index (κ1) is 17.4. The summed E-state index contributed by atoms with van der Waals surface area (Å²) in [7, 11) is 0. The van der Waals surface area contributed by atoms with Crippen LogP contribution in [0.4, 0.5) is 16.3 Å². The number of piperidine rings is 1. The van der Waals surface area contributed by atoms with Gasteiger partial charge in [0.25, 0.3) is 0 Å². The second kappa shape index (κ2) is 6.44. The summed E-state index contributed by atoms with van der Waals surface area (Å²) in [6.45, 7) is 4.81. The van der Waals surface area contributed by atoms with E-state index in [0.29, 0.717) is 24.2 Å². The topological polar surface area (TPSA) is 107 Å². The fourth-order valence-corrected chi connectivity index (χ4v) is 4.65. The molecule has 1 unspecified atom stereocenters. The molecule has 1 aromatic rings. The third kappa shape index (κ3) is 2.81. The number of rotatable bonds is 2. The van der Waals surface area contributed by atoms with Crippen molar-refractivity contribution in [1.29, 1.82) is 0 Å². The van der Waals surface area contributed by atoms with E-state index in [1.807, 2.05) is 6.07 Å². The highest BCUT2D eigenvalue weighted by molar-refractivity contribution is 6.03. The van der Waals surface area contributed by atoms with Gasteiger partial charge in [0.15, 0.2) is 0 Å². The first-order valence-electron chi connectivity index (χ1n) is 9.90. The fourth-order valence-electron chi connectivity index (χ4n) is 4.65. The van der Waals surface area contributed by atoms with Gasteiger partial charge in [-0.25, -0.2) is 9.78 Å². The van der Waals surface area contributed by atoms with Crippen LogP contribution in [-0.2, 0) is 16.0 Å². The molecule has 1 aromatic heterocycles. The molecular weight excluding hydrogens is 360 g/mol. The molecule has 3 N–H and O–H groups in total. The number of carbonyl (C=O) groups is 3. The van der Waals surface area contributed by atoms with Crippen LogP contribution in [0.3, 0.4) is 0 Å². The molecule has 28 heavy (non-hydrogen) atoms. The number of nitrogens with zero attached hydrogens (tertiary/aromatic N) is 3. The maximum atomic E-state index is 12.9. The Bertz CT molecular complexity index is 844. The van der Waals surface area contributed by atoms with Crippen molar-refractivity contribution in [3.8, 4) is 0 Å². The first-order chi connectivity index (χ1) is 13.5. The molecule has 3 saturated heterocycles. The molecule has 0 aliphatic carbocycles. The average molecular weight is 384 g/mol. The summed E-state index contributed by atoms with van der Waals surface area (Å²) in [4.78, 5) is 44.6. The number of pyridine rings is 1. The van der Waals surface area contributed by atoms with E-state index in [9.17, 15) is 14.4 Å². The van der Waals surface area contributed by atoms with Crippen molar-refractivity contribution in [3.05, 3.63) is 17.8 Å². The molecule has 1 spiro atoms. The Hall–Kier alpha value is -2.68. The molecule has 9 heteroatoms. The van der Waals surface area contributed by atoms with Crippen molar-refractivity contribution in [2.45, 2.75) is 31.7 Å². The fraction of sp³-hybridized carbons (Fsp3) is 0.579. The Balaban J connectivity index is 1.33. The Morgan fingerprint density at radius 2 is 2.07 bits per heavy atom. The van der Waals surface area contributed by atoms with Crippen LogP contribution in [-0.4, -0.2) is 61.6 Å². The van der Waals surface area contributed by atoms with Crippen molar-refractivity contribution in [3.63, 3.8) is 0 Å². The Labute approximate surface area is 162 Å². The van der Waals surface area contributed by atoms with Crippen LogP contribution in [0.15, 0.2) is 12.3 Å². The Morgan fingerprint density at radius 3 is 2.79 bits per heavy atom. The minimum atomic E-state index is -0.680. The predicted molar refractivity (Wildman–Crippen MR) is 102 cm³/mol. The number of nitrogens with one attached hydrogen (secondary N) is 3. The van der Waals surface area contributed by atoms with Crippen LogP contribution < -0.4 is 25.8 Å². The minimum Gasteiger partial charge on any atom is -0.370 e. The second-order valence-corrected chi connectivity index (χ2v) is 8.30. The molecular formula is C19H24N6O3. The second-order valence-electron chi connectivity index (χ2n) is 8.30. The van der Waals surface area contributed by atoms with Crippen LogP contribution in [0.2, 0.25) is 0 Å². The highest BCUT2D eigenvalue weighted by Crippen LogP contribution is 2.41. The Morgan fingerprint density at radius 1 is 1.25 bits per heavy atom. The number of imide groups is 1. The lowest BCUT2D eigenvalue weighted by atomic mass is 9.74. The lowest BCUT2D eigenvalue weighted by Crippen LogP contribution is -2.71. The van der Waals surface area contributed by atoms with Crippen LogP contribution in [0.25, 0.3) is 0 Å². The van der Waals surface area contributed by atoms with Gasteiger partial charge in [-0.1, -0.05) is 0 Å². The number of hydrogen-bond donors (Lipinski definition) is 3. The maximum Gasteiger partial charge on any atom is 0.323 e. The molecule has 148 valence electrons. The summed E-state index contributed by atoms with van der Waals surface area (Å²) < 4.78 is 0. The van der Waals surface area contributed by atoms with E-state index < -0.39 is 11.9 Å². The summed E-state index contributed by atoms with van der Waals surface area (Å²) in [6.07, 6.45) is 4.07. The van der Waals surface area contributed by atoms with Crippen molar-refractivity contribution in [2.24, 2.45) is 5.41 Å². The minimum absolute atomic E-state index is 0.237. The molecule has 5 heterocycles. The van der Waals surface area contributed by atoms with Gasteiger partial charge in [-0.15, -0.1) is 0 Å². The first-order valence-corrected chi connectivity index (χ1v) is 9.90. The molecule has 3 fully saturated rings. The number of carbonyl (C=O) groups excluding carboxylic acids is 3. The third-order valence-electron chi connectivity index (χ3n) is 6.25. The number of anilines is 2. The zero-order chi connectivity index (χ0) is 19.3. The lowest BCUT2D eigenvalue weighted by Gasteiger charge is -2.57. The smallest absolute Gasteiger partial charge is 0.323 e. The Kier molecular flexibility index (Phi) is 4.01. The van der Waals surface area contributed by atoms with E-state index in [4.69, 9.17) is 0 Å². The van der Waals surface area contributed by atoms with E-state index in [1.165, 1.54) is 5.69 Å². The van der Waals surface area contributed by atoms with E-state index in [1.54, 1.807) is 11.1 Å². The summed E-state index contributed by atoms with van der Waals surface area (Å²) in [5.41, 5.74) is 2.70. The summed E-state index contributed by atoms with van der Waals surface area (Å²) >= 11 is 0. The number of urea groups is 1. The van der Waals surface area contributed by atoms with Crippen molar-refractivity contribution in [2.75, 3.05) is 42.5 Å². The van der Waals surface area contributed by atoms with Gasteiger partial charge in [0.1, 0.15) is 11.9 Å². The molecule has 4 amide bonds. The van der Waals surface area contributed by atoms with Gasteiger partial charge in [-0.2, -0.15) is 0 Å². The van der Waals surface area contributed by atoms with Crippen molar-refractivity contribution < 1.29 is 14.4 Å². The van der Waals surface area contributed by atoms with Gasteiger partial charge in [-0.3, -0.25) is 19.8 Å². The normalized spacial score (nSPS) is 25.5. The lowest BCUT2D eigenvalue weighted by molar-refractivity contribution is -0.134. The molecule has 4 aliphatic rings. The van der Waals surface area contributed by atoms with Gasteiger partial charge in [-0.05, 0) is 25.3 Å². The largest absolute Gasteiger partial charge is 0.370 e. The highest BCUT2D eigenvalue weighted by Gasteiger charge is 2.48. The molecule has 0 saturated carbocycles. The average Bonchev–Trinajstić information content (AvgIpc) is 2.61. The standard InChI is InChI=1S/C19H24N6O3/c26-15-4-3-13(17(27)23-15)22-18(28)25-7-1-2-12-14(5-6-21-16(12)25)24-10-19(11-24)8-20-9-19/h5-6,13,20H,1-4,7-11H2,(H,22,28)(H,23,26,27). The molecule has 4 aliphatic heterocycles. The van der Waals surface area contributed by atoms with Gasteiger partial charge < -0.3 is 15.5 Å². The summed E-state index contributed by atoms with van der Waals surface area (Å²) in [5, 5.41) is 8.40. The van der Waals surface area contributed by atoms with Gasteiger partial charge in [0.2, 0.25) is 11.8 Å². The van der Waals surface area contributed by atoms with Crippen molar-refractivity contribution >= 4 is 29.4 Å². The number of hydrogen-bond acceptors (Lipinski definition) is 6. The highest BCUT2D eigenvalue weighted by atomic mass is 16.2. The quantitative estimate of drug-likeness (QED) is 0.608. The summed E-state index contributed by atoms with van der Waals surface area (Å²) in [5.74, 6) is -0.0520. The van der Waals surface area contributed by atoms with Crippen LogP contribution in [0, 0.1) is 5.41 Å². The molecule has 0 aromatic carbocycles. The summed E-state index contributed by atoms with van der Waals surface area (Å²) in [6, 6.07) is 1.03. The maximum absolute atomic E-state index is 12.9. The van der Waals surface area contributed by atoms with Crippen molar-refractivity contribution in [1.82, 2.24) is 20.9 Å². The molecule has 0 radical (unpaired) electrons. The SMILES string of the molecule is O=C1CCC(NC(=O)N2CCCc3c(N4CC5(CNC5)C4)ccnc32)C(=O)N1. The molecule has 9 nitrogen and oxygen atoms in total. The van der Waals surface area contributed by atoms with E-state index >= 15 is 0 Å². The third-order valence-corrected chi connectivity index (χ3v) is 6.25. The molecule has 1 atom stereocenters. The molecule has 0 bridgehead atoms. The zero-order valence-electron chi connectivity index (χ0n) is 15.7. The zero-order valence-corrected chi connectivity index (χ0v) is 15.7. The van der Waals surface area contributed by atoms with Crippen LogP contribution in [0.1, 0.15) is 24.8 Å². The predicted octanol–water partition coefficient (Wildman–Crippen LogP) is -0.241. The monoisotopic (exact) mass is 384 g/mol.